The van der Waals surface area contributed by atoms with Crippen molar-refractivity contribution in [3.05, 3.63) is 53.6 Å². The van der Waals surface area contributed by atoms with Crippen LogP contribution in [0.15, 0.2) is 42.5 Å². The van der Waals surface area contributed by atoms with E-state index in [0.717, 1.165) is 5.56 Å². The number of rotatable bonds is 9. The van der Waals surface area contributed by atoms with E-state index in [9.17, 15) is 18.4 Å². The van der Waals surface area contributed by atoms with Gasteiger partial charge < -0.3 is 14.8 Å². The van der Waals surface area contributed by atoms with Crippen LogP contribution in [0, 0.1) is 0 Å². The van der Waals surface area contributed by atoms with Gasteiger partial charge in [0.2, 0.25) is 5.91 Å². The molecule has 6 nitrogen and oxygen atoms in total. The Morgan fingerprint density at radius 1 is 1.10 bits per heavy atom. The molecule has 29 heavy (non-hydrogen) atoms. The number of amides is 1. The summed E-state index contributed by atoms with van der Waals surface area (Å²) >= 11 is 0. The van der Waals surface area contributed by atoms with Gasteiger partial charge in [0, 0.05) is 17.8 Å². The van der Waals surface area contributed by atoms with Gasteiger partial charge in [-0.15, -0.1) is 0 Å². The maximum atomic E-state index is 12.5. The van der Waals surface area contributed by atoms with Crippen molar-refractivity contribution in [1.82, 2.24) is 4.90 Å². The second-order valence-corrected chi connectivity index (χ2v) is 6.58. The van der Waals surface area contributed by atoms with Crippen molar-refractivity contribution in [3.8, 4) is 11.5 Å². The van der Waals surface area contributed by atoms with Crippen molar-refractivity contribution in [2.24, 2.45) is 0 Å². The largest absolute Gasteiger partial charge is 0.493 e. The molecule has 1 atom stereocenters. The number of hydrogen-bond donors (Lipinski definition) is 1. The smallest absolute Gasteiger partial charge is 0.387 e. The number of methoxy groups -OCH3 is 1. The molecule has 2 rings (SSSR count). The maximum absolute atomic E-state index is 12.5. The second kappa shape index (κ2) is 9.97. The molecule has 0 aliphatic carbocycles. The Hall–Kier alpha value is -3.00. The highest BCUT2D eigenvalue weighted by Gasteiger charge is 2.19. The molecule has 1 unspecified atom stereocenters. The number of nitrogens with zero attached hydrogens (tertiary/aromatic N) is 1. The number of carbonyl (C=O) groups is 2. The molecule has 0 aromatic heterocycles. The summed E-state index contributed by atoms with van der Waals surface area (Å²) in [5, 5.41) is 2.81. The molecule has 2 aromatic carbocycles. The van der Waals surface area contributed by atoms with Gasteiger partial charge in [-0.1, -0.05) is 6.07 Å². The van der Waals surface area contributed by atoms with Gasteiger partial charge in [0.05, 0.1) is 13.2 Å². The molecule has 0 aliphatic rings. The Kier molecular flexibility index (Phi) is 7.67. The molecule has 0 bridgehead atoms. The SMILES string of the molecule is COc1cc(CN(C)C(C)C(=O)Nc2ccc(C(C)=O)cc2)ccc1OC(F)F. The number of anilines is 1. The number of carbonyl (C=O) groups excluding carboxylic acids is 2. The van der Waals surface area contributed by atoms with Crippen molar-refractivity contribution in [3.63, 3.8) is 0 Å². The highest BCUT2D eigenvalue weighted by atomic mass is 19.3. The van der Waals surface area contributed by atoms with Gasteiger partial charge in [0.25, 0.3) is 0 Å². The quantitative estimate of drug-likeness (QED) is 0.639. The third kappa shape index (κ3) is 6.25. The number of benzene rings is 2. The first kappa shape index (κ1) is 22.3. The lowest BCUT2D eigenvalue weighted by Gasteiger charge is -2.24. The first-order valence-electron chi connectivity index (χ1n) is 8.95. The van der Waals surface area contributed by atoms with Crippen LogP contribution in [0.3, 0.4) is 0 Å². The molecule has 1 amide bonds. The van der Waals surface area contributed by atoms with Crippen molar-refractivity contribution >= 4 is 17.4 Å². The van der Waals surface area contributed by atoms with Crippen LogP contribution < -0.4 is 14.8 Å². The lowest BCUT2D eigenvalue weighted by atomic mass is 10.1. The Morgan fingerprint density at radius 2 is 1.76 bits per heavy atom. The number of Topliss-reactive ketones (excluding diaryl/α,β-unsaturated/α-hetero) is 1. The number of halogens is 2. The predicted molar refractivity (Wildman–Crippen MR) is 106 cm³/mol. The molecule has 0 fully saturated rings. The molecule has 0 heterocycles. The number of nitrogens with one attached hydrogen (secondary N) is 1. The summed E-state index contributed by atoms with van der Waals surface area (Å²) in [6.45, 7) is 0.686. The van der Waals surface area contributed by atoms with E-state index in [1.165, 1.54) is 20.1 Å². The average Bonchev–Trinajstić information content (AvgIpc) is 2.68. The first-order valence-corrected chi connectivity index (χ1v) is 8.95. The zero-order valence-electron chi connectivity index (χ0n) is 16.7. The van der Waals surface area contributed by atoms with Gasteiger partial charge in [0.15, 0.2) is 17.3 Å². The normalized spacial score (nSPS) is 12.0. The van der Waals surface area contributed by atoms with Crippen LogP contribution in [0.5, 0.6) is 11.5 Å². The zero-order chi connectivity index (χ0) is 21.6. The van der Waals surface area contributed by atoms with E-state index in [4.69, 9.17) is 4.74 Å². The molecule has 0 spiro atoms. The van der Waals surface area contributed by atoms with Crippen LogP contribution in [0.1, 0.15) is 29.8 Å². The summed E-state index contributed by atoms with van der Waals surface area (Å²) in [5.41, 5.74) is 1.94. The lowest BCUT2D eigenvalue weighted by molar-refractivity contribution is -0.120. The second-order valence-electron chi connectivity index (χ2n) is 6.58. The summed E-state index contributed by atoms with van der Waals surface area (Å²) in [6.07, 6.45) is 0. The molecule has 8 heteroatoms. The summed E-state index contributed by atoms with van der Waals surface area (Å²) in [7, 11) is 3.15. The summed E-state index contributed by atoms with van der Waals surface area (Å²) in [6, 6.07) is 10.8. The Balaban J connectivity index is 2.01. The summed E-state index contributed by atoms with van der Waals surface area (Å²) in [5.74, 6) is -0.114. The van der Waals surface area contributed by atoms with E-state index in [1.807, 2.05) is 4.90 Å². The molecule has 0 saturated heterocycles. The minimum atomic E-state index is -2.94. The fourth-order valence-electron chi connectivity index (χ4n) is 2.66. The van der Waals surface area contributed by atoms with E-state index in [0.29, 0.717) is 17.8 Å². The van der Waals surface area contributed by atoms with Gasteiger partial charge in [-0.3, -0.25) is 14.5 Å². The van der Waals surface area contributed by atoms with E-state index >= 15 is 0 Å². The van der Waals surface area contributed by atoms with Gasteiger partial charge in [0.1, 0.15) is 0 Å². The van der Waals surface area contributed by atoms with Gasteiger partial charge in [-0.25, -0.2) is 0 Å². The molecule has 2 aromatic rings. The Morgan fingerprint density at radius 3 is 2.31 bits per heavy atom. The van der Waals surface area contributed by atoms with E-state index in [2.05, 4.69) is 10.1 Å². The number of ketones is 1. The number of ether oxygens (including phenoxy) is 2. The van der Waals surface area contributed by atoms with E-state index < -0.39 is 12.7 Å². The highest BCUT2D eigenvalue weighted by molar-refractivity contribution is 5.96. The Labute approximate surface area is 168 Å². The van der Waals surface area contributed by atoms with Crippen LogP contribution in [0.25, 0.3) is 0 Å². The van der Waals surface area contributed by atoms with Gasteiger partial charge in [-0.05, 0) is 62.9 Å². The van der Waals surface area contributed by atoms with Crippen molar-refractivity contribution in [1.29, 1.82) is 0 Å². The first-order chi connectivity index (χ1) is 13.7. The van der Waals surface area contributed by atoms with Crippen LogP contribution in [-0.2, 0) is 11.3 Å². The lowest BCUT2D eigenvalue weighted by Crippen LogP contribution is -2.39. The topological polar surface area (TPSA) is 67.9 Å². The monoisotopic (exact) mass is 406 g/mol. The molecule has 156 valence electrons. The molecule has 1 N–H and O–H groups in total. The third-order valence-corrected chi connectivity index (χ3v) is 4.48. The average molecular weight is 406 g/mol. The number of alkyl halides is 2. The van der Waals surface area contributed by atoms with Crippen molar-refractivity contribution in [2.45, 2.75) is 33.0 Å². The van der Waals surface area contributed by atoms with E-state index in [1.54, 1.807) is 50.4 Å². The fourth-order valence-corrected chi connectivity index (χ4v) is 2.66. The summed E-state index contributed by atoms with van der Waals surface area (Å²) < 4.78 is 34.4. The van der Waals surface area contributed by atoms with Gasteiger partial charge >= 0.3 is 6.61 Å². The van der Waals surface area contributed by atoms with Crippen molar-refractivity contribution < 1.29 is 27.8 Å². The number of likely N-dealkylation sites (N-methyl/N-ethyl adjacent to an activating group) is 1. The minimum Gasteiger partial charge on any atom is -0.493 e. The van der Waals surface area contributed by atoms with Crippen LogP contribution in [0.4, 0.5) is 14.5 Å². The Bertz CT molecular complexity index is 856. The van der Waals surface area contributed by atoms with Gasteiger partial charge in [-0.2, -0.15) is 8.78 Å². The molecular weight excluding hydrogens is 382 g/mol. The molecule has 0 aliphatic heterocycles. The standard InChI is InChI=1S/C21H24F2N2O4/c1-13(20(27)24-17-8-6-16(7-9-17)14(2)26)25(3)12-15-5-10-18(29-21(22)23)19(11-15)28-4/h5-11,13,21H,12H2,1-4H3,(H,24,27). The molecule has 0 radical (unpaired) electrons. The minimum absolute atomic E-state index is 0.0450. The van der Waals surface area contributed by atoms with E-state index in [-0.39, 0.29) is 23.2 Å². The van der Waals surface area contributed by atoms with Crippen LogP contribution in [0.2, 0.25) is 0 Å². The zero-order valence-corrected chi connectivity index (χ0v) is 16.7. The fraction of sp³-hybridized carbons (Fsp3) is 0.333. The molecule has 0 saturated carbocycles. The van der Waals surface area contributed by atoms with Crippen LogP contribution in [-0.4, -0.2) is 43.4 Å². The summed E-state index contributed by atoms with van der Waals surface area (Å²) in [4.78, 5) is 25.6. The van der Waals surface area contributed by atoms with Crippen molar-refractivity contribution in [2.75, 3.05) is 19.5 Å². The highest BCUT2D eigenvalue weighted by Crippen LogP contribution is 2.30. The third-order valence-electron chi connectivity index (χ3n) is 4.48. The molecular formula is C21H24F2N2O4. The van der Waals surface area contributed by atoms with Crippen LogP contribution >= 0.6 is 0 Å². The maximum Gasteiger partial charge on any atom is 0.387 e. The predicted octanol–water partition coefficient (Wildman–Crippen LogP) is 3.96. The number of hydrogen-bond acceptors (Lipinski definition) is 5.